The molecule has 2 heterocycles. The van der Waals surface area contributed by atoms with Crippen molar-refractivity contribution in [1.82, 2.24) is 10.2 Å². The Kier molecular flexibility index (Phi) is 5.12. The number of amides is 2. The summed E-state index contributed by atoms with van der Waals surface area (Å²) < 4.78 is 10.1. The van der Waals surface area contributed by atoms with Gasteiger partial charge in [-0.25, -0.2) is 9.59 Å². The van der Waals surface area contributed by atoms with Crippen LogP contribution in [-0.2, 0) is 14.3 Å². The molecule has 0 aromatic rings. The molecule has 10 heteroatoms. The number of hydrogen-bond donors (Lipinski definition) is 5. The number of aliphatic hydroxyl groups excluding tert-OH is 3. The minimum atomic E-state index is -2.04. The van der Waals surface area contributed by atoms with Crippen molar-refractivity contribution in [2.24, 2.45) is 5.73 Å². The average molecular weight is 341 g/mol. The lowest BCUT2D eigenvalue weighted by molar-refractivity contribution is -0.149. The van der Waals surface area contributed by atoms with Crippen molar-refractivity contribution >= 4 is 12.0 Å². The summed E-state index contributed by atoms with van der Waals surface area (Å²) >= 11 is 0. The number of rotatable bonds is 4. The van der Waals surface area contributed by atoms with Gasteiger partial charge in [-0.3, -0.25) is 10.6 Å². The number of urea groups is 1. The second-order valence-corrected chi connectivity index (χ2v) is 5.28. The number of ether oxygens (including phenoxy) is 2. The minimum Gasteiger partial charge on any atom is -0.463 e. The van der Waals surface area contributed by atoms with Crippen LogP contribution in [0, 0.1) is 12.3 Å². The fraction of sp³-hybridized carbons (Fsp3) is 0.571. The molecular formula is C14H19N3O7. The summed E-state index contributed by atoms with van der Waals surface area (Å²) in [6.07, 6.45) is 1.15. The summed E-state index contributed by atoms with van der Waals surface area (Å²) in [5.74, 6) is 1.25. The lowest BCUT2D eigenvalue weighted by Gasteiger charge is -2.38. The molecule has 0 bridgehead atoms. The van der Waals surface area contributed by atoms with Gasteiger partial charge >= 0.3 is 12.0 Å². The second-order valence-electron chi connectivity index (χ2n) is 5.28. The van der Waals surface area contributed by atoms with E-state index in [0.717, 1.165) is 11.1 Å². The first-order valence-electron chi connectivity index (χ1n) is 7.18. The summed E-state index contributed by atoms with van der Waals surface area (Å²) in [4.78, 5) is 25.2. The van der Waals surface area contributed by atoms with Crippen molar-refractivity contribution in [2.45, 2.75) is 37.1 Å². The Labute approximate surface area is 137 Å². The van der Waals surface area contributed by atoms with Gasteiger partial charge in [-0.2, -0.15) is 0 Å². The van der Waals surface area contributed by atoms with Crippen molar-refractivity contribution in [3.05, 3.63) is 11.8 Å². The molecule has 2 aliphatic heterocycles. The van der Waals surface area contributed by atoms with E-state index >= 15 is 0 Å². The molecule has 1 unspecified atom stereocenters. The first-order chi connectivity index (χ1) is 11.3. The van der Waals surface area contributed by atoms with E-state index in [-0.39, 0.29) is 12.2 Å². The third-order valence-corrected chi connectivity index (χ3v) is 3.78. The Hall–Kier alpha value is -2.16. The van der Waals surface area contributed by atoms with E-state index in [4.69, 9.17) is 26.7 Å². The summed E-state index contributed by atoms with van der Waals surface area (Å²) in [6, 6.07) is -0.889. The molecule has 0 aliphatic carbocycles. The molecule has 1 saturated heterocycles. The number of carbonyl (C=O) groups is 2. The SMILES string of the molecule is C#CC1=CN([C@@H]2O[C@H](CO)[C@@H](O)[C@H]2O)C(=O)NC1(N)C(=O)OCC. The molecule has 0 aromatic carbocycles. The zero-order valence-corrected chi connectivity index (χ0v) is 12.9. The van der Waals surface area contributed by atoms with E-state index in [1.54, 1.807) is 6.92 Å². The number of terminal acetylenes is 1. The topological polar surface area (TPSA) is 155 Å². The van der Waals surface area contributed by atoms with E-state index in [1.807, 2.05) is 0 Å². The van der Waals surface area contributed by atoms with E-state index < -0.39 is 48.8 Å². The molecule has 0 saturated carbocycles. The molecule has 0 radical (unpaired) electrons. The number of nitrogens with zero attached hydrogens (tertiary/aromatic N) is 1. The third-order valence-electron chi connectivity index (χ3n) is 3.78. The Morgan fingerprint density at radius 2 is 2.25 bits per heavy atom. The van der Waals surface area contributed by atoms with Crippen LogP contribution in [0.1, 0.15) is 6.92 Å². The molecule has 2 amide bonds. The Balaban J connectivity index is 2.34. The van der Waals surface area contributed by atoms with E-state index in [1.165, 1.54) is 0 Å². The Morgan fingerprint density at radius 3 is 2.75 bits per heavy atom. The van der Waals surface area contributed by atoms with Crippen LogP contribution in [0.2, 0.25) is 0 Å². The van der Waals surface area contributed by atoms with Gasteiger partial charge in [0.25, 0.3) is 0 Å². The number of esters is 1. The highest BCUT2D eigenvalue weighted by Crippen LogP contribution is 2.28. The number of hydrogen-bond acceptors (Lipinski definition) is 8. The number of nitrogens with one attached hydrogen (secondary N) is 1. The normalized spacial score (nSPS) is 35.9. The van der Waals surface area contributed by atoms with Gasteiger partial charge in [-0.1, -0.05) is 5.92 Å². The highest BCUT2D eigenvalue weighted by atomic mass is 16.6. The third kappa shape index (κ3) is 2.83. The predicted octanol–water partition coefficient (Wildman–Crippen LogP) is -2.81. The van der Waals surface area contributed by atoms with Crippen LogP contribution in [0.5, 0.6) is 0 Å². The number of carbonyl (C=O) groups excluding carboxylic acids is 2. The van der Waals surface area contributed by atoms with Crippen LogP contribution in [0.4, 0.5) is 4.79 Å². The van der Waals surface area contributed by atoms with Crippen LogP contribution < -0.4 is 11.1 Å². The molecule has 24 heavy (non-hydrogen) atoms. The monoisotopic (exact) mass is 341 g/mol. The molecule has 2 rings (SSSR count). The van der Waals surface area contributed by atoms with Gasteiger partial charge in [0.05, 0.1) is 18.8 Å². The van der Waals surface area contributed by atoms with Gasteiger partial charge in [0.1, 0.15) is 18.3 Å². The smallest absolute Gasteiger partial charge is 0.352 e. The maximum atomic E-state index is 12.3. The number of aliphatic hydroxyl groups is 3. The summed E-state index contributed by atoms with van der Waals surface area (Å²) in [7, 11) is 0. The van der Waals surface area contributed by atoms with E-state index in [0.29, 0.717) is 0 Å². The maximum absolute atomic E-state index is 12.3. The van der Waals surface area contributed by atoms with Crippen LogP contribution >= 0.6 is 0 Å². The summed E-state index contributed by atoms with van der Waals surface area (Å²) in [6.45, 7) is 1.04. The van der Waals surface area contributed by atoms with E-state index in [9.17, 15) is 19.8 Å². The van der Waals surface area contributed by atoms with Crippen LogP contribution in [0.15, 0.2) is 11.8 Å². The van der Waals surface area contributed by atoms with Gasteiger partial charge in [0.15, 0.2) is 6.23 Å². The fourth-order valence-electron chi connectivity index (χ4n) is 2.46. The zero-order chi connectivity index (χ0) is 18.1. The van der Waals surface area contributed by atoms with Crippen molar-refractivity contribution < 1.29 is 34.4 Å². The molecule has 132 valence electrons. The van der Waals surface area contributed by atoms with Gasteiger partial charge in [-0.05, 0) is 6.92 Å². The van der Waals surface area contributed by atoms with Gasteiger partial charge in [-0.15, -0.1) is 6.42 Å². The summed E-state index contributed by atoms with van der Waals surface area (Å²) in [5, 5.41) is 31.1. The largest absolute Gasteiger partial charge is 0.463 e. The van der Waals surface area contributed by atoms with Crippen molar-refractivity contribution in [3.63, 3.8) is 0 Å². The Bertz CT molecular complexity index is 602. The van der Waals surface area contributed by atoms with Crippen LogP contribution in [-0.4, -0.2) is 75.6 Å². The standard InChI is InChI=1S/C14H19N3O7/c1-3-7-5-17(11-10(20)9(19)8(6-18)24-11)13(22)16-14(7,15)12(21)23-4-2/h1,5,8-11,18-20H,4,6,15H2,2H3,(H,16,22)/t8-,9-,10-,11-,14?/m1/s1. The zero-order valence-electron chi connectivity index (χ0n) is 12.9. The molecule has 2 aliphatic rings. The van der Waals surface area contributed by atoms with Gasteiger partial charge in [0, 0.05) is 6.20 Å². The predicted molar refractivity (Wildman–Crippen MR) is 78.6 cm³/mol. The molecule has 10 nitrogen and oxygen atoms in total. The molecule has 5 atom stereocenters. The lowest BCUT2D eigenvalue weighted by atomic mass is 9.99. The molecule has 0 aromatic heterocycles. The molecule has 6 N–H and O–H groups in total. The first kappa shape index (κ1) is 18.2. The van der Waals surface area contributed by atoms with Crippen LogP contribution in [0.25, 0.3) is 0 Å². The van der Waals surface area contributed by atoms with E-state index in [2.05, 4.69) is 11.2 Å². The van der Waals surface area contributed by atoms with Crippen molar-refractivity contribution in [2.75, 3.05) is 13.2 Å². The maximum Gasteiger partial charge on any atom is 0.352 e. The second kappa shape index (κ2) is 6.76. The van der Waals surface area contributed by atoms with Gasteiger partial charge < -0.3 is 30.1 Å². The van der Waals surface area contributed by atoms with Gasteiger partial charge in [0.2, 0.25) is 5.66 Å². The minimum absolute atomic E-state index is 0.0318. The molecule has 1 fully saturated rings. The molecule has 0 spiro atoms. The average Bonchev–Trinajstić information content (AvgIpc) is 2.83. The highest BCUT2D eigenvalue weighted by molar-refractivity contribution is 5.93. The number of nitrogens with two attached hydrogens (primary N) is 1. The lowest BCUT2D eigenvalue weighted by Crippen LogP contribution is -2.69. The summed E-state index contributed by atoms with van der Waals surface area (Å²) in [5.41, 5.74) is 3.70. The quantitative estimate of drug-likeness (QED) is 0.271. The highest BCUT2D eigenvalue weighted by Gasteiger charge is 2.51. The Morgan fingerprint density at radius 1 is 1.58 bits per heavy atom. The molecular weight excluding hydrogens is 322 g/mol. The van der Waals surface area contributed by atoms with Crippen molar-refractivity contribution in [3.8, 4) is 12.3 Å². The fourth-order valence-corrected chi connectivity index (χ4v) is 2.46. The first-order valence-corrected chi connectivity index (χ1v) is 7.18. The van der Waals surface area contributed by atoms with Crippen LogP contribution in [0.3, 0.4) is 0 Å². The van der Waals surface area contributed by atoms with Crippen molar-refractivity contribution in [1.29, 1.82) is 0 Å².